The summed E-state index contributed by atoms with van der Waals surface area (Å²) < 4.78 is 17.4. The van der Waals surface area contributed by atoms with Gasteiger partial charge in [0.15, 0.2) is 0 Å². The van der Waals surface area contributed by atoms with Crippen molar-refractivity contribution in [2.75, 3.05) is 19.8 Å². The Morgan fingerprint density at radius 3 is 1.00 bits per heavy atom. The maximum atomic E-state index is 12.7. The fourth-order valence-electron chi connectivity index (χ4n) is 7.82. The zero-order chi connectivity index (χ0) is 49.2. The van der Waals surface area contributed by atoms with Gasteiger partial charge in [0.2, 0.25) is 0 Å². The van der Waals surface area contributed by atoms with E-state index in [1.165, 1.54) is 135 Å². The van der Waals surface area contributed by atoms with Gasteiger partial charge >= 0.3 is 11.9 Å². The second-order valence-corrected chi connectivity index (χ2v) is 18.8. The molecule has 0 aromatic heterocycles. The maximum absolute atomic E-state index is 12.7. The van der Waals surface area contributed by atoms with Crippen LogP contribution >= 0.6 is 0 Å². The van der Waals surface area contributed by atoms with E-state index in [-0.39, 0.29) is 25.2 Å². The van der Waals surface area contributed by atoms with E-state index >= 15 is 0 Å². The lowest BCUT2D eigenvalue weighted by Crippen LogP contribution is -2.29. The summed E-state index contributed by atoms with van der Waals surface area (Å²) in [6.45, 7) is 7.53. The number of rotatable bonds is 52. The van der Waals surface area contributed by atoms with Crippen molar-refractivity contribution < 1.29 is 23.8 Å². The van der Waals surface area contributed by atoms with Crippen LogP contribution in [0.25, 0.3) is 0 Å². The molecule has 0 heterocycles. The molecule has 0 spiro atoms. The minimum absolute atomic E-state index is 0.117. The smallest absolute Gasteiger partial charge is 0.305 e. The number of hydrogen-bond acceptors (Lipinski definition) is 5. The predicted octanol–water partition coefficient (Wildman–Crippen LogP) is 19.8. The minimum atomic E-state index is -0.438. The topological polar surface area (TPSA) is 61.8 Å². The van der Waals surface area contributed by atoms with E-state index < -0.39 is 6.10 Å². The average molecular weight is 946 g/mol. The molecule has 0 amide bonds. The standard InChI is InChI=1S/C63H108O5/c1-4-7-10-13-16-19-22-25-28-31-32-34-36-39-42-45-48-51-54-57-63(65)68-60-61(66-58-55-52-49-46-43-40-37-30-27-24-21-18-15-12-9-6-3)59-67-62(64)56-53-50-47-44-41-38-35-33-29-26-23-20-17-14-11-8-5-2/h7,10,16,19,25-26,28-29,32,34-35,38-39,42,44,47,61H,4-6,8-9,11-15,17-18,20-24,27,30-31,33,36-37,40-41,43,45-46,48-60H2,1-3H3/b10-7-,19-16-,28-25-,29-26-,34-32-,38-35-,42-39-,47-44-/t61-/m0/s1. The first kappa shape index (κ1) is 64.8. The zero-order valence-corrected chi connectivity index (χ0v) is 44.8. The van der Waals surface area contributed by atoms with E-state index in [9.17, 15) is 9.59 Å². The van der Waals surface area contributed by atoms with Gasteiger partial charge in [-0.3, -0.25) is 9.59 Å². The van der Waals surface area contributed by atoms with Gasteiger partial charge in [-0.2, -0.15) is 0 Å². The van der Waals surface area contributed by atoms with Crippen molar-refractivity contribution in [1.82, 2.24) is 0 Å². The Balaban J connectivity index is 4.40. The summed E-state index contributed by atoms with van der Waals surface area (Å²) in [5.74, 6) is -0.426. The number of esters is 2. The van der Waals surface area contributed by atoms with Crippen LogP contribution in [0.4, 0.5) is 0 Å². The highest BCUT2D eigenvalue weighted by molar-refractivity contribution is 5.69. The minimum Gasteiger partial charge on any atom is -0.463 e. The Bertz CT molecular complexity index is 1300. The first-order chi connectivity index (χ1) is 33.6. The maximum Gasteiger partial charge on any atom is 0.305 e. The highest BCUT2D eigenvalue weighted by Gasteiger charge is 2.16. The number of carbonyl (C=O) groups is 2. The van der Waals surface area contributed by atoms with Crippen molar-refractivity contribution >= 4 is 11.9 Å². The molecule has 5 nitrogen and oxygen atoms in total. The molecule has 0 bridgehead atoms. The summed E-state index contributed by atoms with van der Waals surface area (Å²) >= 11 is 0. The van der Waals surface area contributed by atoms with Gasteiger partial charge in [-0.1, -0.05) is 253 Å². The quantitative estimate of drug-likeness (QED) is 0.0345. The molecule has 0 aromatic rings. The van der Waals surface area contributed by atoms with E-state index in [1.807, 2.05) is 0 Å². The van der Waals surface area contributed by atoms with Crippen LogP contribution in [0.3, 0.4) is 0 Å². The van der Waals surface area contributed by atoms with Crippen LogP contribution in [0.2, 0.25) is 0 Å². The molecule has 0 aromatic carbocycles. The Labute approximate surface area is 422 Å². The van der Waals surface area contributed by atoms with Crippen LogP contribution in [0.5, 0.6) is 0 Å². The predicted molar refractivity (Wildman–Crippen MR) is 297 cm³/mol. The van der Waals surface area contributed by atoms with E-state index in [4.69, 9.17) is 14.2 Å². The molecule has 68 heavy (non-hydrogen) atoms. The van der Waals surface area contributed by atoms with Gasteiger partial charge in [0.1, 0.15) is 19.3 Å². The highest BCUT2D eigenvalue weighted by Crippen LogP contribution is 2.15. The number of allylic oxidation sites excluding steroid dienone is 16. The summed E-state index contributed by atoms with van der Waals surface area (Å²) in [5.41, 5.74) is 0. The molecule has 0 N–H and O–H groups in total. The number of unbranched alkanes of at least 4 members (excludes halogenated alkanes) is 25. The molecule has 0 radical (unpaired) electrons. The van der Waals surface area contributed by atoms with Crippen LogP contribution in [0, 0.1) is 0 Å². The van der Waals surface area contributed by atoms with Gasteiger partial charge < -0.3 is 14.2 Å². The highest BCUT2D eigenvalue weighted by atomic mass is 16.6. The van der Waals surface area contributed by atoms with Crippen molar-refractivity contribution in [2.45, 2.75) is 271 Å². The summed E-state index contributed by atoms with van der Waals surface area (Å²) in [6, 6.07) is 0. The molecule has 0 rings (SSSR count). The normalized spacial score (nSPS) is 12.9. The van der Waals surface area contributed by atoms with Crippen LogP contribution in [-0.2, 0) is 23.8 Å². The molecule has 0 saturated heterocycles. The molecule has 1 atom stereocenters. The fourth-order valence-corrected chi connectivity index (χ4v) is 7.82. The van der Waals surface area contributed by atoms with Gasteiger partial charge in [0.05, 0.1) is 0 Å². The van der Waals surface area contributed by atoms with Crippen LogP contribution < -0.4 is 0 Å². The lowest BCUT2D eigenvalue weighted by molar-refractivity contribution is -0.155. The molecule has 0 aliphatic carbocycles. The molecule has 5 heteroatoms. The molecule has 0 aliphatic rings. The average Bonchev–Trinajstić information content (AvgIpc) is 3.34. The molecule has 0 aliphatic heterocycles. The summed E-state index contributed by atoms with van der Waals surface area (Å²) in [7, 11) is 0. The van der Waals surface area contributed by atoms with Gasteiger partial charge in [0, 0.05) is 19.4 Å². The van der Waals surface area contributed by atoms with E-state index in [1.54, 1.807) is 0 Å². The molecular formula is C63H108O5. The van der Waals surface area contributed by atoms with Crippen LogP contribution in [0.15, 0.2) is 97.2 Å². The Hall–Kier alpha value is -3.18. The monoisotopic (exact) mass is 945 g/mol. The summed E-state index contributed by atoms with van der Waals surface area (Å²) in [5, 5.41) is 0. The Morgan fingerprint density at radius 1 is 0.324 bits per heavy atom. The van der Waals surface area contributed by atoms with Crippen LogP contribution in [0.1, 0.15) is 265 Å². The number of hydrogen-bond donors (Lipinski definition) is 0. The molecule has 0 saturated carbocycles. The largest absolute Gasteiger partial charge is 0.463 e. The summed E-state index contributed by atoms with van der Waals surface area (Å²) in [6.07, 6.45) is 78.8. The number of carbonyl (C=O) groups excluding carboxylic acids is 2. The van der Waals surface area contributed by atoms with Crippen molar-refractivity contribution in [3.63, 3.8) is 0 Å². The lowest BCUT2D eigenvalue weighted by Gasteiger charge is -2.18. The van der Waals surface area contributed by atoms with Crippen molar-refractivity contribution in [2.24, 2.45) is 0 Å². The Morgan fingerprint density at radius 2 is 0.618 bits per heavy atom. The van der Waals surface area contributed by atoms with Gasteiger partial charge in [-0.25, -0.2) is 0 Å². The van der Waals surface area contributed by atoms with E-state index in [0.717, 1.165) is 96.3 Å². The Kier molecular flexibility index (Phi) is 55.4. The second kappa shape index (κ2) is 58.1. The molecule has 0 fully saturated rings. The third-order valence-electron chi connectivity index (χ3n) is 12.1. The van der Waals surface area contributed by atoms with E-state index in [0.29, 0.717) is 19.4 Å². The van der Waals surface area contributed by atoms with Crippen LogP contribution in [-0.4, -0.2) is 37.9 Å². The molecule has 0 unspecified atom stereocenters. The van der Waals surface area contributed by atoms with Crippen molar-refractivity contribution in [3.8, 4) is 0 Å². The van der Waals surface area contributed by atoms with Crippen molar-refractivity contribution in [1.29, 1.82) is 0 Å². The molecule has 390 valence electrons. The second-order valence-electron chi connectivity index (χ2n) is 18.8. The number of ether oxygens (including phenoxy) is 3. The fraction of sp³-hybridized carbons (Fsp3) is 0.714. The SMILES string of the molecule is CC/C=C\C/C=C\C/C=C\C/C=C\C/C=C\CCCCCC(=O)OC[C@H](COC(=O)CCC/C=C\C/C=C\C/C=C\CCCCCCCC)OCCCCCCCCCCCCCCCCCC. The van der Waals surface area contributed by atoms with Gasteiger partial charge in [0.25, 0.3) is 0 Å². The summed E-state index contributed by atoms with van der Waals surface area (Å²) in [4.78, 5) is 25.3. The lowest BCUT2D eigenvalue weighted by atomic mass is 10.0. The third-order valence-corrected chi connectivity index (χ3v) is 12.1. The van der Waals surface area contributed by atoms with Gasteiger partial charge in [-0.15, -0.1) is 0 Å². The van der Waals surface area contributed by atoms with E-state index in [2.05, 4.69) is 118 Å². The zero-order valence-electron chi connectivity index (χ0n) is 44.8. The first-order valence-electron chi connectivity index (χ1n) is 28.8. The van der Waals surface area contributed by atoms with Crippen molar-refractivity contribution in [3.05, 3.63) is 97.2 Å². The third kappa shape index (κ3) is 55.4. The van der Waals surface area contributed by atoms with Gasteiger partial charge in [-0.05, 0) is 96.3 Å². The molecular weight excluding hydrogens is 837 g/mol. The first-order valence-corrected chi connectivity index (χ1v) is 28.8.